The minimum Gasteiger partial charge on any atom is -0.340 e. The molecule has 1 aromatic carbocycles. The third-order valence-electron chi connectivity index (χ3n) is 2.52. The van der Waals surface area contributed by atoms with E-state index in [1.54, 1.807) is 30.2 Å². The number of likely N-dealkylation sites (N-methyl/N-ethyl adjacent to an activating group) is 1. The van der Waals surface area contributed by atoms with Crippen LogP contribution in [0.2, 0.25) is 10.0 Å². The number of halogens is 2. The summed E-state index contributed by atoms with van der Waals surface area (Å²) in [6.45, 7) is 4.01. The van der Waals surface area contributed by atoms with Crippen molar-refractivity contribution in [2.75, 3.05) is 7.05 Å². The van der Waals surface area contributed by atoms with Gasteiger partial charge in [0.25, 0.3) is 0 Å². The van der Waals surface area contributed by atoms with Crippen molar-refractivity contribution in [3.8, 4) is 0 Å². The molecule has 1 atom stereocenters. The van der Waals surface area contributed by atoms with Gasteiger partial charge in [-0.05, 0) is 24.1 Å². The molecule has 0 bridgehead atoms. The minimum atomic E-state index is -0.546. The lowest BCUT2D eigenvalue weighted by Crippen LogP contribution is -2.41. The van der Waals surface area contributed by atoms with Crippen molar-refractivity contribution in [3.05, 3.63) is 46.5 Å². The maximum atomic E-state index is 11.9. The molecule has 1 amide bonds. The van der Waals surface area contributed by atoms with Gasteiger partial charge < -0.3 is 10.6 Å². The fourth-order valence-electron chi connectivity index (χ4n) is 1.55. The van der Waals surface area contributed by atoms with E-state index in [-0.39, 0.29) is 5.91 Å². The summed E-state index contributed by atoms with van der Waals surface area (Å²) in [5.74, 6) is -0.124. The SMILES string of the molecule is C=CCC(N)C(=O)N(C)Cc1ccc(Cl)c(Cl)c1. The van der Waals surface area contributed by atoms with Gasteiger partial charge in [-0.25, -0.2) is 0 Å². The molecular weight excluding hydrogens is 271 g/mol. The van der Waals surface area contributed by atoms with E-state index < -0.39 is 6.04 Å². The van der Waals surface area contributed by atoms with Crippen LogP contribution in [0.25, 0.3) is 0 Å². The summed E-state index contributed by atoms with van der Waals surface area (Å²) in [5, 5.41) is 0.975. The molecule has 0 saturated carbocycles. The Morgan fingerprint density at radius 3 is 2.72 bits per heavy atom. The van der Waals surface area contributed by atoms with E-state index in [2.05, 4.69) is 6.58 Å². The molecule has 5 heteroatoms. The zero-order chi connectivity index (χ0) is 13.7. The predicted molar refractivity (Wildman–Crippen MR) is 75.7 cm³/mol. The smallest absolute Gasteiger partial charge is 0.239 e. The Morgan fingerprint density at radius 2 is 2.17 bits per heavy atom. The summed E-state index contributed by atoms with van der Waals surface area (Å²) in [6, 6.07) is 4.74. The second-order valence-corrected chi connectivity index (χ2v) is 4.89. The average molecular weight is 287 g/mol. The first kappa shape index (κ1) is 15.0. The molecule has 0 aliphatic heterocycles. The van der Waals surface area contributed by atoms with Gasteiger partial charge in [0.2, 0.25) is 5.91 Å². The second-order valence-electron chi connectivity index (χ2n) is 4.07. The highest BCUT2D eigenvalue weighted by molar-refractivity contribution is 6.42. The minimum absolute atomic E-state index is 0.124. The molecule has 0 saturated heterocycles. The Bertz CT molecular complexity index is 449. The van der Waals surface area contributed by atoms with E-state index in [0.29, 0.717) is 23.0 Å². The van der Waals surface area contributed by atoms with Crippen LogP contribution < -0.4 is 5.73 Å². The average Bonchev–Trinajstić information content (AvgIpc) is 2.33. The summed E-state index contributed by atoms with van der Waals surface area (Å²) >= 11 is 11.7. The van der Waals surface area contributed by atoms with Crippen LogP contribution in [0.1, 0.15) is 12.0 Å². The Morgan fingerprint density at radius 1 is 1.50 bits per heavy atom. The van der Waals surface area contributed by atoms with Crippen molar-refractivity contribution in [2.45, 2.75) is 19.0 Å². The summed E-state index contributed by atoms with van der Waals surface area (Å²) in [7, 11) is 1.70. The molecule has 0 heterocycles. The van der Waals surface area contributed by atoms with Crippen LogP contribution in [0.5, 0.6) is 0 Å². The van der Waals surface area contributed by atoms with Crippen LogP contribution >= 0.6 is 23.2 Å². The highest BCUT2D eigenvalue weighted by Crippen LogP contribution is 2.23. The van der Waals surface area contributed by atoms with Crippen LogP contribution in [-0.4, -0.2) is 23.9 Å². The van der Waals surface area contributed by atoms with E-state index in [0.717, 1.165) is 5.56 Å². The predicted octanol–water partition coefficient (Wildman–Crippen LogP) is 2.86. The third-order valence-corrected chi connectivity index (χ3v) is 3.26. The lowest BCUT2D eigenvalue weighted by molar-refractivity contribution is -0.131. The first-order valence-corrected chi connectivity index (χ1v) is 6.26. The van der Waals surface area contributed by atoms with Crippen molar-refractivity contribution >= 4 is 29.1 Å². The molecule has 0 aromatic heterocycles. The standard InChI is InChI=1S/C13H16Cl2N2O/c1-3-4-12(16)13(18)17(2)8-9-5-6-10(14)11(15)7-9/h3,5-7,12H,1,4,8,16H2,2H3. The van der Waals surface area contributed by atoms with E-state index in [9.17, 15) is 4.79 Å². The van der Waals surface area contributed by atoms with Crippen LogP contribution in [0.15, 0.2) is 30.9 Å². The van der Waals surface area contributed by atoms with Crippen molar-refractivity contribution in [2.24, 2.45) is 5.73 Å². The summed E-state index contributed by atoms with van der Waals surface area (Å²) in [5.41, 5.74) is 6.64. The highest BCUT2D eigenvalue weighted by atomic mass is 35.5. The highest BCUT2D eigenvalue weighted by Gasteiger charge is 2.16. The monoisotopic (exact) mass is 286 g/mol. The maximum absolute atomic E-state index is 11.9. The normalized spacial score (nSPS) is 12.0. The number of nitrogens with two attached hydrogens (primary N) is 1. The van der Waals surface area contributed by atoms with Gasteiger partial charge in [0, 0.05) is 13.6 Å². The number of carbonyl (C=O) groups is 1. The zero-order valence-electron chi connectivity index (χ0n) is 10.2. The lowest BCUT2D eigenvalue weighted by Gasteiger charge is -2.21. The van der Waals surface area contributed by atoms with Crippen molar-refractivity contribution in [1.82, 2.24) is 4.90 Å². The molecule has 1 rings (SSSR count). The second kappa shape index (κ2) is 6.78. The Labute approximate surface area is 117 Å². The number of benzene rings is 1. The molecule has 0 spiro atoms. The van der Waals surface area contributed by atoms with Gasteiger partial charge in [0.15, 0.2) is 0 Å². The molecule has 2 N–H and O–H groups in total. The van der Waals surface area contributed by atoms with Crippen LogP contribution in [0.4, 0.5) is 0 Å². The van der Waals surface area contributed by atoms with Gasteiger partial charge >= 0.3 is 0 Å². The van der Waals surface area contributed by atoms with Crippen molar-refractivity contribution in [3.63, 3.8) is 0 Å². The molecule has 98 valence electrons. The first-order valence-electron chi connectivity index (χ1n) is 5.51. The quantitative estimate of drug-likeness (QED) is 0.846. The summed E-state index contributed by atoms with van der Waals surface area (Å²) in [6.07, 6.45) is 2.10. The van der Waals surface area contributed by atoms with E-state index >= 15 is 0 Å². The Hall–Kier alpha value is -1.03. The van der Waals surface area contributed by atoms with Crippen LogP contribution in [0, 0.1) is 0 Å². The van der Waals surface area contributed by atoms with E-state index in [1.165, 1.54) is 0 Å². The molecule has 18 heavy (non-hydrogen) atoms. The number of amides is 1. The largest absolute Gasteiger partial charge is 0.340 e. The van der Waals surface area contributed by atoms with Gasteiger partial charge in [-0.2, -0.15) is 0 Å². The molecule has 3 nitrogen and oxygen atoms in total. The number of hydrogen-bond donors (Lipinski definition) is 1. The lowest BCUT2D eigenvalue weighted by atomic mass is 10.1. The number of hydrogen-bond acceptors (Lipinski definition) is 2. The van der Waals surface area contributed by atoms with Gasteiger partial charge in [-0.1, -0.05) is 35.3 Å². The van der Waals surface area contributed by atoms with Gasteiger partial charge in [-0.15, -0.1) is 6.58 Å². The molecule has 1 aromatic rings. The van der Waals surface area contributed by atoms with E-state index in [4.69, 9.17) is 28.9 Å². The fourth-order valence-corrected chi connectivity index (χ4v) is 1.87. The summed E-state index contributed by atoms with van der Waals surface area (Å²) < 4.78 is 0. The van der Waals surface area contributed by atoms with E-state index in [1.807, 2.05) is 6.07 Å². The van der Waals surface area contributed by atoms with Crippen molar-refractivity contribution in [1.29, 1.82) is 0 Å². The molecule has 0 aliphatic carbocycles. The molecule has 1 unspecified atom stereocenters. The third kappa shape index (κ3) is 4.02. The fraction of sp³-hybridized carbons (Fsp3) is 0.308. The Kier molecular flexibility index (Phi) is 5.66. The number of rotatable bonds is 5. The number of nitrogens with zero attached hydrogens (tertiary/aromatic N) is 1. The molecule has 0 radical (unpaired) electrons. The zero-order valence-corrected chi connectivity index (χ0v) is 11.7. The Balaban J connectivity index is 2.68. The molecule has 0 fully saturated rings. The first-order chi connectivity index (χ1) is 8.45. The maximum Gasteiger partial charge on any atom is 0.239 e. The van der Waals surface area contributed by atoms with Crippen LogP contribution in [-0.2, 0) is 11.3 Å². The van der Waals surface area contributed by atoms with Gasteiger partial charge in [0.05, 0.1) is 16.1 Å². The van der Waals surface area contributed by atoms with Crippen LogP contribution in [0.3, 0.4) is 0 Å². The molecular formula is C13H16Cl2N2O. The van der Waals surface area contributed by atoms with Crippen molar-refractivity contribution < 1.29 is 4.79 Å². The van der Waals surface area contributed by atoms with Gasteiger partial charge in [0.1, 0.15) is 0 Å². The topological polar surface area (TPSA) is 46.3 Å². The number of carbonyl (C=O) groups excluding carboxylic acids is 1. The van der Waals surface area contributed by atoms with Gasteiger partial charge in [-0.3, -0.25) is 4.79 Å². The molecule has 0 aliphatic rings. The summed E-state index contributed by atoms with van der Waals surface area (Å²) in [4.78, 5) is 13.4.